The summed E-state index contributed by atoms with van der Waals surface area (Å²) < 4.78 is 0. The van der Waals surface area contributed by atoms with Crippen molar-refractivity contribution < 1.29 is 4.79 Å². The molecule has 1 atom stereocenters. The van der Waals surface area contributed by atoms with Crippen LogP contribution < -0.4 is 0 Å². The molecule has 0 aromatic carbocycles. The van der Waals surface area contributed by atoms with Crippen LogP contribution in [0, 0.1) is 0 Å². The normalized spacial score (nSPS) is 12.0. The molecule has 0 bridgehead atoms. The number of nitrogens with zero attached hydrogens (tertiary/aromatic N) is 3. The lowest BCUT2D eigenvalue weighted by atomic mass is 10.1. The molecule has 0 aliphatic heterocycles. The van der Waals surface area contributed by atoms with Gasteiger partial charge in [-0.15, -0.1) is 11.8 Å². The topological polar surface area (TPSA) is 46.1 Å². The van der Waals surface area contributed by atoms with Gasteiger partial charge in [0.15, 0.2) is 0 Å². The number of likely N-dealkylation sites (N-methyl/N-ethyl adjacent to an activating group) is 1. The van der Waals surface area contributed by atoms with E-state index in [0.717, 1.165) is 17.1 Å². The summed E-state index contributed by atoms with van der Waals surface area (Å²) in [7, 11) is 1.83. The van der Waals surface area contributed by atoms with Crippen molar-refractivity contribution in [3.8, 4) is 0 Å². The van der Waals surface area contributed by atoms with E-state index in [0.29, 0.717) is 5.56 Å². The predicted octanol–water partition coefficient (Wildman–Crippen LogP) is 2.90. The van der Waals surface area contributed by atoms with Gasteiger partial charge in [0.05, 0.1) is 5.56 Å². The molecule has 0 saturated carbocycles. The van der Waals surface area contributed by atoms with Crippen LogP contribution in [0.4, 0.5) is 0 Å². The summed E-state index contributed by atoms with van der Waals surface area (Å²) in [5.41, 5.74) is 1.64. The number of aromatic nitrogens is 2. The molecule has 0 saturated heterocycles. The third-order valence-electron chi connectivity index (χ3n) is 3.41. The summed E-state index contributed by atoms with van der Waals surface area (Å²) in [5, 5.41) is 0.763. The molecule has 0 fully saturated rings. The number of hydrogen-bond acceptors (Lipinski definition) is 4. The first-order valence-electron chi connectivity index (χ1n) is 6.79. The number of pyridine rings is 2. The SMILES string of the molecule is CSc1ncccc1C(=O)N(C)C(C)Cc1ccccn1. The van der Waals surface area contributed by atoms with Crippen molar-refractivity contribution >= 4 is 17.7 Å². The summed E-state index contributed by atoms with van der Waals surface area (Å²) in [6.07, 6.45) is 6.14. The summed E-state index contributed by atoms with van der Waals surface area (Å²) in [5.74, 6) is -0.00381. The highest BCUT2D eigenvalue weighted by Gasteiger charge is 2.20. The Balaban J connectivity index is 2.11. The standard InChI is InChI=1S/C16H19N3OS/c1-12(11-13-7-4-5-9-17-13)19(2)16(20)14-8-6-10-18-15(14)21-3/h4-10,12H,11H2,1-3H3. The van der Waals surface area contributed by atoms with Crippen molar-refractivity contribution in [1.29, 1.82) is 0 Å². The molecule has 0 radical (unpaired) electrons. The van der Waals surface area contributed by atoms with Gasteiger partial charge >= 0.3 is 0 Å². The zero-order chi connectivity index (χ0) is 15.2. The van der Waals surface area contributed by atoms with E-state index in [-0.39, 0.29) is 11.9 Å². The van der Waals surface area contributed by atoms with Crippen LogP contribution in [0.5, 0.6) is 0 Å². The average Bonchev–Trinajstić information content (AvgIpc) is 2.54. The monoisotopic (exact) mass is 301 g/mol. The zero-order valence-electron chi connectivity index (χ0n) is 12.5. The fourth-order valence-corrected chi connectivity index (χ4v) is 2.61. The summed E-state index contributed by atoms with van der Waals surface area (Å²) in [6.45, 7) is 2.03. The van der Waals surface area contributed by atoms with Gasteiger partial charge in [0.25, 0.3) is 5.91 Å². The van der Waals surface area contributed by atoms with Gasteiger partial charge in [-0.05, 0) is 37.4 Å². The molecular weight excluding hydrogens is 282 g/mol. The molecular formula is C16H19N3OS. The Morgan fingerprint density at radius 1 is 1.24 bits per heavy atom. The minimum absolute atomic E-state index is 0.00381. The molecule has 2 rings (SSSR count). The molecule has 110 valence electrons. The Morgan fingerprint density at radius 3 is 2.67 bits per heavy atom. The first-order valence-corrected chi connectivity index (χ1v) is 8.02. The second-order valence-electron chi connectivity index (χ2n) is 4.85. The second kappa shape index (κ2) is 7.22. The Morgan fingerprint density at radius 2 is 2.00 bits per heavy atom. The van der Waals surface area contributed by atoms with Gasteiger partial charge < -0.3 is 4.90 Å². The highest BCUT2D eigenvalue weighted by molar-refractivity contribution is 7.98. The maximum absolute atomic E-state index is 12.6. The van der Waals surface area contributed by atoms with E-state index in [4.69, 9.17) is 0 Å². The van der Waals surface area contributed by atoms with Gasteiger partial charge in [-0.3, -0.25) is 9.78 Å². The molecule has 2 heterocycles. The fraction of sp³-hybridized carbons (Fsp3) is 0.312. The molecule has 5 heteroatoms. The van der Waals surface area contributed by atoms with Gasteiger partial charge in [0.1, 0.15) is 5.03 Å². The van der Waals surface area contributed by atoms with E-state index in [1.54, 1.807) is 23.4 Å². The largest absolute Gasteiger partial charge is 0.339 e. The number of amides is 1. The highest BCUT2D eigenvalue weighted by Crippen LogP contribution is 2.19. The lowest BCUT2D eigenvalue weighted by molar-refractivity contribution is 0.0738. The van der Waals surface area contributed by atoms with Gasteiger partial charge in [0, 0.05) is 37.6 Å². The zero-order valence-corrected chi connectivity index (χ0v) is 13.3. The molecule has 4 nitrogen and oxygen atoms in total. The number of carbonyl (C=O) groups is 1. The molecule has 2 aromatic rings. The van der Waals surface area contributed by atoms with Crippen LogP contribution in [0.15, 0.2) is 47.8 Å². The van der Waals surface area contributed by atoms with Crippen LogP contribution in [-0.4, -0.2) is 40.1 Å². The highest BCUT2D eigenvalue weighted by atomic mass is 32.2. The lowest BCUT2D eigenvalue weighted by Gasteiger charge is -2.25. The third kappa shape index (κ3) is 3.82. The van der Waals surface area contributed by atoms with Crippen molar-refractivity contribution in [2.75, 3.05) is 13.3 Å². The molecule has 1 amide bonds. The van der Waals surface area contributed by atoms with E-state index in [2.05, 4.69) is 9.97 Å². The van der Waals surface area contributed by atoms with Gasteiger partial charge in [-0.1, -0.05) is 6.07 Å². The number of carbonyl (C=O) groups excluding carboxylic acids is 1. The van der Waals surface area contributed by atoms with E-state index in [9.17, 15) is 4.79 Å². The summed E-state index contributed by atoms with van der Waals surface area (Å²) >= 11 is 1.49. The van der Waals surface area contributed by atoms with Crippen LogP contribution in [0.1, 0.15) is 23.0 Å². The van der Waals surface area contributed by atoms with E-state index in [1.165, 1.54) is 11.8 Å². The van der Waals surface area contributed by atoms with Crippen molar-refractivity contribution in [1.82, 2.24) is 14.9 Å². The lowest BCUT2D eigenvalue weighted by Crippen LogP contribution is -2.37. The molecule has 0 N–H and O–H groups in total. The van der Waals surface area contributed by atoms with Crippen molar-refractivity contribution in [3.63, 3.8) is 0 Å². The molecule has 21 heavy (non-hydrogen) atoms. The molecule has 0 aliphatic rings. The Hall–Kier alpha value is -1.88. The second-order valence-corrected chi connectivity index (χ2v) is 5.65. The van der Waals surface area contributed by atoms with Crippen LogP contribution >= 0.6 is 11.8 Å². The van der Waals surface area contributed by atoms with Gasteiger partial charge in [-0.2, -0.15) is 0 Å². The minimum Gasteiger partial charge on any atom is -0.339 e. The van der Waals surface area contributed by atoms with Crippen LogP contribution in [0.25, 0.3) is 0 Å². The third-order valence-corrected chi connectivity index (χ3v) is 4.12. The van der Waals surface area contributed by atoms with Gasteiger partial charge in [0.2, 0.25) is 0 Å². The van der Waals surface area contributed by atoms with Crippen LogP contribution in [0.3, 0.4) is 0 Å². The Kier molecular flexibility index (Phi) is 5.33. The van der Waals surface area contributed by atoms with E-state index in [1.807, 2.05) is 44.5 Å². The first kappa shape index (κ1) is 15.5. The van der Waals surface area contributed by atoms with Crippen LogP contribution in [0.2, 0.25) is 0 Å². The Labute approximate surface area is 129 Å². The van der Waals surface area contributed by atoms with Crippen molar-refractivity contribution in [3.05, 3.63) is 54.0 Å². The predicted molar refractivity (Wildman–Crippen MR) is 85.5 cm³/mol. The molecule has 0 spiro atoms. The smallest absolute Gasteiger partial charge is 0.256 e. The van der Waals surface area contributed by atoms with Gasteiger partial charge in [-0.25, -0.2) is 4.98 Å². The average molecular weight is 301 g/mol. The fourth-order valence-electron chi connectivity index (χ4n) is 2.06. The molecule has 1 unspecified atom stereocenters. The quantitative estimate of drug-likeness (QED) is 0.797. The molecule has 2 aromatic heterocycles. The first-order chi connectivity index (χ1) is 10.1. The van der Waals surface area contributed by atoms with Crippen LogP contribution in [-0.2, 0) is 6.42 Å². The number of hydrogen-bond donors (Lipinski definition) is 0. The summed E-state index contributed by atoms with van der Waals surface area (Å²) in [4.78, 5) is 22.9. The van der Waals surface area contributed by atoms with E-state index < -0.39 is 0 Å². The van der Waals surface area contributed by atoms with Crippen molar-refractivity contribution in [2.24, 2.45) is 0 Å². The summed E-state index contributed by atoms with van der Waals surface area (Å²) in [6, 6.07) is 9.52. The maximum Gasteiger partial charge on any atom is 0.256 e. The number of thioether (sulfide) groups is 1. The van der Waals surface area contributed by atoms with E-state index >= 15 is 0 Å². The molecule has 0 aliphatic carbocycles. The number of rotatable bonds is 5. The Bertz CT molecular complexity index is 603. The van der Waals surface area contributed by atoms with Crippen molar-refractivity contribution in [2.45, 2.75) is 24.4 Å². The maximum atomic E-state index is 12.6. The minimum atomic E-state index is -0.00381.